The number of nitrogens with one attached hydrogen (secondary N) is 1. The highest BCUT2D eigenvalue weighted by Gasteiger charge is 2.38. The van der Waals surface area contributed by atoms with Gasteiger partial charge < -0.3 is 24.5 Å². The third-order valence-corrected chi connectivity index (χ3v) is 7.34. The summed E-state index contributed by atoms with van der Waals surface area (Å²) in [7, 11) is 1.87. The Balaban J connectivity index is 1.40. The van der Waals surface area contributed by atoms with Crippen molar-refractivity contribution in [2.75, 3.05) is 19.8 Å². The van der Waals surface area contributed by atoms with Gasteiger partial charge in [0.1, 0.15) is 18.2 Å². The van der Waals surface area contributed by atoms with E-state index < -0.39 is 24.2 Å². The Bertz CT molecular complexity index is 1410. The van der Waals surface area contributed by atoms with E-state index in [-0.39, 0.29) is 41.5 Å². The van der Waals surface area contributed by atoms with Crippen LogP contribution in [0.1, 0.15) is 48.1 Å². The lowest BCUT2D eigenvalue weighted by atomic mass is 10.0. The van der Waals surface area contributed by atoms with Crippen molar-refractivity contribution >= 4 is 23.6 Å². The van der Waals surface area contributed by atoms with Crippen LogP contribution < -0.4 is 10.1 Å². The second kappa shape index (κ2) is 13.0. The number of rotatable bonds is 11. The molecule has 0 saturated carbocycles. The van der Waals surface area contributed by atoms with Crippen molar-refractivity contribution in [3.05, 3.63) is 70.6 Å². The quantitative estimate of drug-likeness (QED) is 0.306. The van der Waals surface area contributed by atoms with Crippen LogP contribution in [-0.4, -0.2) is 69.6 Å². The van der Waals surface area contributed by atoms with Gasteiger partial charge in [-0.3, -0.25) is 9.69 Å². The number of aromatic nitrogens is 2. The highest BCUT2D eigenvalue weighted by Crippen LogP contribution is 2.31. The summed E-state index contributed by atoms with van der Waals surface area (Å²) in [5.41, 5.74) is 2.67. The van der Waals surface area contributed by atoms with Crippen LogP contribution in [-0.2, 0) is 18.2 Å². The van der Waals surface area contributed by atoms with Crippen molar-refractivity contribution in [2.24, 2.45) is 7.05 Å². The Hall–Kier alpha value is -3.77. The number of amides is 2. The Morgan fingerprint density at radius 1 is 1.21 bits per heavy atom. The molecular formula is C29H32ClF3N4O5. The van der Waals surface area contributed by atoms with Gasteiger partial charge in [-0.05, 0) is 50.5 Å². The minimum Gasteiger partial charge on any atom is -0.480 e. The Kier molecular flexibility index (Phi) is 9.67. The number of ether oxygens (including phenoxy) is 2. The second-order valence-electron chi connectivity index (χ2n) is 10.1. The van der Waals surface area contributed by atoms with Crippen LogP contribution >= 0.6 is 11.6 Å². The van der Waals surface area contributed by atoms with Crippen LogP contribution in [0.25, 0.3) is 11.3 Å². The molecule has 2 aromatic carbocycles. The summed E-state index contributed by atoms with van der Waals surface area (Å²) in [4.78, 5) is 31.2. The molecule has 1 aromatic heterocycles. The molecule has 3 atom stereocenters. The normalized spacial score (nSPS) is 15.7. The summed E-state index contributed by atoms with van der Waals surface area (Å²) in [5, 5.41) is 12.3. The monoisotopic (exact) mass is 608 g/mol. The van der Waals surface area contributed by atoms with E-state index in [4.69, 9.17) is 26.1 Å². The number of cyclic esters (lactones) is 1. The molecular weight excluding hydrogens is 577 g/mol. The number of nitrogens with zero attached hydrogens (tertiary/aromatic N) is 3. The number of hydrogen-bond donors (Lipinski definition) is 2. The molecule has 2 amide bonds. The third kappa shape index (κ3) is 7.35. The first-order chi connectivity index (χ1) is 19.9. The zero-order valence-corrected chi connectivity index (χ0v) is 24.1. The first kappa shape index (κ1) is 31.2. The van der Waals surface area contributed by atoms with E-state index >= 15 is 0 Å². The van der Waals surface area contributed by atoms with Gasteiger partial charge in [0.2, 0.25) is 0 Å². The maximum absolute atomic E-state index is 12.9. The van der Waals surface area contributed by atoms with Crippen molar-refractivity contribution in [1.29, 1.82) is 0 Å². The van der Waals surface area contributed by atoms with E-state index in [1.165, 1.54) is 18.2 Å². The van der Waals surface area contributed by atoms with E-state index in [0.717, 1.165) is 29.6 Å². The predicted molar refractivity (Wildman–Crippen MR) is 149 cm³/mol. The molecule has 0 radical (unpaired) electrons. The van der Waals surface area contributed by atoms with Crippen LogP contribution in [0.15, 0.2) is 48.7 Å². The largest absolute Gasteiger partial charge is 0.480 e. The summed E-state index contributed by atoms with van der Waals surface area (Å²) in [6.45, 7) is 3.48. The van der Waals surface area contributed by atoms with E-state index in [0.29, 0.717) is 19.6 Å². The lowest BCUT2D eigenvalue weighted by Gasteiger charge is -2.20. The molecule has 2 heterocycles. The van der Waals surface area contributed by atoms with Crippen molar-refractivity contribution in [3.8, 4) is 17.0 Å². The molecule has 9 nitrogen and oxygen atoms in total. The van der Waals surface area contributed by atoms with Gasteiger partial charge in [-0.15, -0.1) is 0 Å². The van der Waals surface area contributed by atoms with E-state index in [9.17, 15) is 27.9 Å². The maximum atomic E-state index is 12.9. The summed E-state index contributed by atoms with van der Waals surface area (Å²) >= 11 is 6.09. The van der Waals surface area contributed by atoms with Gasteiger partial charge in [0, 0.05) is 37.0 Å². The van der Waals surface area contributed by atoms with Gasteiger partial charge in [-0.1, -0.05) is 35.9 Å². The molecule has 3 aromatic rings. The van der Waals surface area contributed by atoms with Gasteiger partial charge >= 0.3 is 12.3 Å². The number of aryl methyl sites for hydroxylation is 1. The molecule has 0 bridgehead atoms. The Morgan fingerprint density at radius 3 is 2.52 bits per heavy atom. The lowest BCUT2D eigenvalue weighted by molar-refractivity contribution is -0.189. The highest BCUT2D eigenvalue weighted by atomic mass is 35.5. The smallest absolute Gasteiger partial charge is 0.425 e. The zero-order valence-electron chi connectivity index (χ0n) is 23.3. The van der Waals surface area contributed by atoms with Crippen LogP contribution in [0.5, 0.6) is 5.75 Å². The van der Waals surface area contributed by atoms with E-state index in [1.54, 1.807) is 4.90 Å². The third-order valence-electron chi connectivity index (χ3n) is 7.05. The fourth-order valence-corrected chi connectivity index (χ4v) is 4.87. The van der Waals surface area contributed by atoms with Gasteiger partial charge in [0.15, 0.2) is 6.10 Å². The molecule has 0 aliphatic carbocycles. The lowest BCUT2D eigenvalue weighted by Crippen LogP contribution is -2.37. The van der Waals surface area contributed by atoms with Crippen molar-refractivity contribution in [2.45, 2.75) is 51.1 Å². The van der Waals surface area contributed by atoms with Gasteiger partial charge in [-0.25, -0.2) is 9.78 Å². The summed E-state index contributed by atoms with van der Waals surface area (Å²) < 4.78 is 50.3. The molecule has 226 valence electrons. The molecule has 1 aliphatic rings. The first-order valence-corrected chi connectivity index (χ1v) is 13.8. The Labute approximate surface area is 246 Å². The van der Waals surface area contributed by atoms with Gasteiger partial charge in [-0.2, -0.15) is 13.2 Å². The minimum absolute atomic E-state index is 0.125. The van der Waals surface area contributed by atoms with Gasteiger partial charge in [0.25, 0.3) is 5.91 Å². The fourth-order valence-electron chi connectivity index (χ4n) is 4.65. The average Bonchev–Trinajstić information content (AvgIpc) is 3.54. The number of hydrogen-bond acceptors (Lipinski definition) is 6. The number of carbonyl (C=O) groups is 2. The fraction of sp³-hybridized carbons (Fsp3) is 0.414. The molecule has 13 heteroatoms. The molecule has 3 unspecified atom stereocenters. The number of carbonyl (C=O) groups excluding carboxylic acids is 2. The highest BCUT2D eigenvalue weighted by molar-refractivity contribution is 6.32. The van der Waals surface area contributed by atoms with Crippen molar-refractivity contribution in [1.82, 2.24) is 19.8 Å². The topological polar surface area (TPSA) is 106 Å². The van der Waals surface area contributed by atoms with Crippen LogP contribution in [0.2, 0.25) is 5.02 Å². The molecule has 0 spiro atoms. The van der Waals surface area contributed by atoms with E-state index in [2.05, 4.69) is 5.32 Å². The number of aliphatic hydroxyl groups excluding tert-OH is 1. The van der Waals surface area contributed by atoms with Crippen molar-refractivity contribution in [3.63, 3.8) is 0 Å². The molecule has 1 aliphatic heterocycles. The first-order valence-electron chi connectivity index (χ1n) is 13.4. The molecule has 1 fully saturated rings. The number of alkyl halides is 3. The summed E-state index contributed by atoms with van der Waals surface area (Å²) in [6.07, 6.45) is -4.38. The maximum Gasteiger partial charge on any atom is 0.425 e. The van der Waals surface area contributed by atoms with Crippen molar-refractivity contribution < 1.29 is 37.3 Å². The van der Waals surface area contributed by atoms with Gasteiger partial charge in [0.05, 0.1) is 23.3 Å². The Morgan fingerprint density at radius 2 is 1.93 bits per heavy atom. The standard InChI is InChI=1S/C29H32ClF3N4O5/c1-17(37-11-13-41-28(37)40)26-35-24(16-36(26)3)20-6-4-19(5-7-20)14-22(10-12-38)34-27(39)21-8-9-25(23(30)15-21)42-18(2)29(31,32)33/h4-9,15-18,22,38H,10-14H2,1-3H3,(H,34,39). The second-order valence-corrected chi connectivity index (χ2v) is 10.5. The molecule has 1 saturated heterocycles. The summed E-state index contributed by atoms with van der Waals surface area (Å²) in [6, 6.07) is 10.8. The van der Waals surface area contributed by atoms with E-state index in [1.807, 2.05) is 49.0 Å². The number of imidazole rings is 1. The number of benzene rings is 2. The average molecular weight is 609 g/mol. The number of halogens is 4. The van der Waals surface area contributed by atoms with Crippen LogP contribution in [0.4, 0.5) is 18.0 Å². The minimum atomic E-state index is -4.56. The predicted octanol–water partition coefficient (Wildman–Crippen LogP) is 5.31. The summed E-state index contributed by atoms with van der Waals surface area (Å²) in [5.74, 6) is 0.0608. The zero-order chi connectivity index (χ0) is 30.6. The van der Waals surface area contributed by atoms with Crippen LogP contribution in [0.3, 0.4) is 0 Å². The SMILES string of the molecule is CC(c1nc(-c2ccc(CC(CCO)NC(=O)c3ccc(OC(C)C(F)(F)F)c(Cl)c3)cc2)cn1C)N1CCOC1=O. The molecule has 42 heavy (non-hydrogen) atoms. The van der Waals surface area contributed by atoms with Crippen LogP contribution in [0, 0.1) is 0 Å². The number of aliphatic hydroxyl groups is 1. The molecule has 4 rings (SSSR count). The molecule has 2 N–H and O–H groups in total.